The second-order valence-corrected chi connectivity index (χ2v) is 7.58. The average molecular weight is 470 g/mol. The van der Waals surface area contributed by atoms with Gasteiger partial charge in [-0.2, -0.15) is 13.2 Å². The van der Waals surface area contributed by atoms with Crippen LogP contribution >= 0.6 is 23.2 Å². The van der Waals surface area contributed by atoms with Gasteiger partial charge in [-0.1, -0.05) is 29.3 Å². The van der Waals surface area contributed by atoms with Gasteiger partial charge in [-0.25, -0.2) is 4.79 Å². The molecule has 2 rings (SSSR count). The van der Waals surface area contributed by atoms with Gasteiger partial charge in [-0.05, 0) is 25.0 Å². The molecule has 1 aromatic carbocycles. The number of carbonyl (C=O) groups excluding carboxylic acids is 3. The lowest BCUT2D eigenvalue weighted by molar-refractivity contribution is -0.162. The van der Waals surface area contributed by atoms with E-state index in [1.165, 1.54) is 11.9 Å². The number of hydrogen-bond donors (Lipinski definition) is 1. The summed E-state index contributed by atoms with van der Waals surface area (Å²) < 4.78 is 40.6. The molecular weight excluding hydrogens is 450 g/mol. The highest BCUT2D eigenvalue weighted by Crippen LogP contribution is 2.29. The molecule has 0 unspecified atom stereocenters. The number of hydrogen-bond acceptors (Lipinski definition) is 4. The smallest absolute Gasteiger partial charge is 0.422 e. The Morgan fingerprint density at radius 3 is 2.30 bits per heavy atom. The van der Waals surface area contributed by atoms with E-state index in [4.69, 9.17) is 23.2 Å². The summed E-state index contributed by atoms with van der Waals surface area (Å²) in [6.45, 7) is -1.73. The van der Waals surface area contributed by atoms with Crippen molar-refractivity contribution in [1.29, 1.82) is 0 Å². The first kappa shape index (κ1) is 24.1. The number of likely N-dealkylation sites (N-methyl/N-ethyl adjacent to an activating group) is 1. The van der Waals surface area contributed by atoms with Gasteiger partial charge in [0.25, 0.3) is 0 Å². The summed E-state index contributed by atoms with van der Waals surface area (Å²) in [7, 11) is 1.46. The maximum Gasteiger partial charge on any atom is 0.422 e. The van der Waals surface area contributed by atoms with Crippen molar-refractivity contribution < 1.29 is 32.3 Å². The van der Waals surface area contributed by atoms with Crippen LogP contribution in [0.2, 0.25) is 10.0 Å². The highest BCUT2D eigenvalue weighted by molar-refractivity contribution is 6.39. The molecule has 0 saturated carbocycles. The van der Waals surface area contributed by atoms with Crippen LogP contribution in [-0.4, -0.2) is 67.2 Å². The molecule has 1 heterocycles. The van der Waals surface area contributed by atoms with Crippen molar-refractivity contribution in [2.24, 2.45) is 5.92 Å². The van der Waals surface area contributed by atoms with Crippen molar-refractivity contribution in [3.63, 3.8) is 0 Å². The van der Waals surface area contributed by atoms with Gasteiger partial charge in [-0.15, -0.1) is 0 Å². The number of benzene rings is 1. The molecular formula is C18H20Cl2F3N3O4. The fourth-order valence-corrected chi connectivity index (χ4v) is 3.44. The van der Waals surface area contributed by atoms with Gasteiger partial charge in [0.15, 0.2) is 6.61 Å². The topological polar surface area (TPSA) is 79.0 Å². The van der Waals surface area contributed by atoms with Gasteiger partial charge >= 0.3 is 12.3 Å². The van der Waals surface area contributed by atoms with E-state index in [0.717, 1.165) is 4.90 Å². The van der Waals surface area contributed by atoms with Gasteiger partial charge in [0.05, 0.1) is 22.3 Å². The number of para-hydroxylation sites is 1. The normalized spacial score (nSPS) is 14.9. The number of rotatable bonds is 5. The number of halogens is 5. The first-order valence-electron chi connectivity index (χ1n) is 8.95. The van der Waals surface area contributed by atoms with E-state index in [1.807, 2.05) is 0 Å². The third-order valence-corrected chi connectivity index (χ3v) is 5.08. The summed E-state index contributed by atoms with van der Waals surface area (Å²) >= 11 is 12.0. The summed E-state index contributed by atoms with van der Waals surface area (Å²) in [5.74, 6) is -1.26. The van der Waals surface area contributed by atoms with E-state index in [9.17, 15) is 27.6 Å². The lowest BCUT2D eigenvalue weighted by Crippen LogP contribution is -2.45. The quantitative estimate of drug-likeness (QED) is 0.711. The van der Waals surface area contributed by atoms with Gasteiger partial charge in [-0.3, -0.25) is 9.59 Å². The van der Waals surface area contributed by atoms with Crippen molar-refractivity contribution in [3.05, 3.63) is 28.2 Å². The Morgan fingerprint density at radius 2 is 1.77 bits per heavy atom. The Labute approximate surface area is 181 Å². The Balaban J connectivity index is 1.81. The maximum atomic E-state index is 12.6. The zero-order valence-electron chi connectivity index (χ0n) is 16.0. The van der Waals surface area contributed by atoms with E-state index < -0.39 is 30.7 Å². The summed E-state index contributed by atoms with van der Waals surface area (Å²) in [5, 5.41) is 3.08. The van der Waals surface area contributed by atoms with Crippen LogP contribution in [-0.2, 0) is 14.3 Å². The molecule has 0 radical (unpaired) electrons. The number of nitrogens with zero attached hydrogens (tertiary/aromatic N) is 2. The van der Waals surface area contributed by atoms with Gasteiger partial charge in [0.2, 0.25) is 11.8 Å². The SMILES string of the molecule is CN(CC(=O)Nc1c(Cl)cccc1Cl)C(=O)C1CCN(C(=O)OCC(F)(F)F)CC1. The lowest BCUT2D eigenvalue weighted by Gasteiger charge is -2.32. The predicted octanol–water partition coefficient (Wildman–Crippen LogP) is 3.80. The molecule has 12 heteroatoms. The third-order valence-electron chi connectivity index (χ3n) is 4.45. The highest BCUT2D eigenvalue weighted by Gasteiger charge is 2.33. The largest absolute Gasteiger partial charge is 0.440 e. The number of nitrogens with one attached hydrogen (secondary N) is 1. The number of alkyl halides is 3. The van der Waals surface area contributed by atoms with Crippen LogP contribution in [0.15, 0.2) is 18.2 Å². The first-order valence-corrected chi connectivity index (χ1v) is 9.71. The van der Waals surface area contributed by atoms with Crippen LogP contribution in [0.3, 0.4) is 0 Å². The second-order valence-electron chi connectivity index (χ2n) is 6.77. The fourth-order valence-electron chi connectivity index (χ4n) is 2.95. The lowest BCUT2D eigenvalue weighted by atomic mass is 9.95. The second kappa shape index (κ2) is 10.2. The van der Waals surface area contributed by atoms with E-state index in [-0.39, 0.29) is 54.1 Å². The molecule has 30 heavy (non-hydrogen) atoms. The zero-order chi connectivity index (χ0) is 22.5. The highest BCUT2D eigenvalue weighted by atomic mass is 35.5. The third kappa shape index (κ3) is 6.94. The Hall–Kier alpha value is -2.20. The molecule has 0 aliphatic carbocycles. The summed E-state index contributed by atoms with van der Waals surface area (Å²) in [5.41, 5.74) is 0.248. The summed E-state index contributed by atoms with van der Waals surface area (Å²) in [6.07, 6.45) is -5.16. The van der Waals surface area contributed by atoms with Crippen molar-refractivity contribution in [1.82, 2.24) is 9.80 Å². The Kier molecular flexibility index (Phi) is 8.19. The minimum absolute atomic E-state index is 0.0857. The maximum absolute atomic E-state index is 12.6. The predicted molar refractivity (Wildman–Crippen MR) is 104 cm³/mol. The number of piperidine rings is 1. The van der Waals surface area contributed by atoms with Gasteiger partial charge in [0, 0.05) is 26.1 Å². The van der Waals surface area contributed by atoms with Crippen LogP contribution in [0.25, 0.3) is 0 Å². The van der Waals surface area contributed by atoms with E-state index in [1.54, 1.807) is 18.2 Å². The molecule has 1 aliphatic heterocycles. The van der Waals surface area contributed by atoms with Crippen molar-refractivity contribution >= 4 is 46.8 Å². The minimum Gasteiger partial charge on any atom is -0.440 e. The van der Waals surface area contributed by atoms with Crippen molar-refractivity contribution in [2.45, 2.75) is 19.0 Å². The van der Waals surface area contributed by atoms with E-state index in [2.05, 4.69) is 10.1 Å². The van der Waals surface area contributed by atoms with Crippen molar-refractivity contribution in [2.75, 3.05) is 38.6 Å². The molecule has 0 atom stereocenters. The van der Waals surface area contributed by atoms with Crippen LogP contribution in [0.1, 0.15) is 12.8 Å². The first-order chi connectivity index (χ1) is 14.0. The van der Waals surface area contributed by atoms with Crippen LogP contribution in [0.4, 0.5) is 23.7 Å². The molecule has 7 nitrogen and oxygen atoms in total. The minimum atomic E-state index is -4.60. The van der Waals surface area contributed by atoms with Crippen LogP contribution < -0.4 is 5.32 Å². The molecule has 0 aromatic heterocycles. The van der Waals surface area contributed by atoms with Crippen LogP contribution in [0, 0.1) is 5.92 Å². The monoisotopic (exact) mass is 469 g/mol. The number of anilines is 1. The number of carbonyl (C=O) groups is 3. The number of amides is 3. The number of likely N-dealkylation sites (tertiary alicyclic amines) is 1. The molecule has 1 N–H and O–H groups in total. The molecule has 1 saturated heterocycles. The average Bonchev–Trinajstić information content (AvgIpc) is 2.68. The van der Waals surface area contributed by atoms with E-state index in [0.29, 0.717) is 0 Å². The van der Waals surface area contributed by atoms with Gasteiger partial charge in [0.1, 0.15) is 0 Å². The molecule has 0 spiro atoms. The zero-order valence-corrected chi connectivity index (χ0v) is 17.5. The van der Waals surface area contributed by atoms with Gasteiger partial charge < -0.3 is 19.9 Å². The van der Waals surface area contributed by atoms with Crippen molar-refractivity contribution in [3.8, 4) is 0 Å². The molecule has 1 aromatic rings. The number of ether oxygens (including phenoxy) is 1. The van der Waals surface area contributed by atoms with Crippen LogP contribution in [0.5, 0.6) is 0 Å². The Morgan fingerprint density at radius 1 is 1.20 bits per heavy atom. The molecule has 3 amide bonds. The molecule has 1 fully saturated rings. The fraction of sp³-hybridized carbons (Fsp3) is 0.500. The standard InChI is InChI=1S/C18H20Cl2F3N3O4/c1-25(9-14(27)24-15-12(19)3-2-4-13(15)20)16(28)11-5-7-26(8-6-11)17(29)30-10-18(21,22)23/h2-4,11H,5-10H2,1H3,(H,24,27). The summed E-state index contributed by atoms with van der Waals surface area (Å²) in [6, 6.07) is 4.75. The summed E-state index contributed by atoms with van der Waals surface area (Å²) in [4.78, 5) is 38.8. The molecule has 166 valence electrons. The molecule has 1 aliphatic rings. The van der Waals surface area contributed by atoms with E-state index >= 15 is 0 Å². The molecule has 0 bridgehead atoms. The Bertz CT molecular complexity index is 779.